The first kappa shape index (κ1) is 12.3. The van der Waals surface area contributed by atoms with Gasteiger partial charge in [-0.3, -0.25) is 5.41 Å². The van der Waals surface area contributed by atoms with Crippen molar-refractivity contribution < 1.29 is 4.74 Å². The SMILES string of the molecule is CCC(C)(C)OC(=N)C(Cl)(Cl)Cl. The molecule has 0 saturated heterocycles. The van der Waals surface area contributed by atoms with Crippen LogP contribution in [0.5, 0.6) is 0 Å². The van der Waals surface area contributed by atoms with E-state index in [-0.39, 0.29) is 5.90 Å². The maximum Gasteiger partial charge on any atom is 0.265 e. The molecular formula is C7H12Cl3NO. The maximum atomic E-state index is 7.28. The zero-order valence-corrected chi connectivity index (χ0v) is 9.52. The first-order valence-electron chi connectivity index (χ1n) is 3.54. The van der Waals surface area contributed by atoms with Crippen LogP contribution in [0.2, 0.25) is 0 Å². The van der Waals surface area contributed by atoms with Gasteiger partial charge in [-0.25, -0.2) is 0 Å². The molecule has 0 aliphatic heterocycles. The van der Waals surface area contributed by atoms with Crippen LogP contribution in [0.3, 0.4) is 0 Å². The molecule has 0 saturated carbocycles. The number of ether oxygens (including phenoxy) is 1. The lowest BCUT2D eigenvalue weighted by molar-refractivity contribution is 0.0871. The molecule has 0 amide bonds. The van der Waals surface area contributed by atoms with E-state index in [0.29, 0.717) is 0 Å². The Morgan fingerprint density at radius 3 is 2.00 bits per heavy atom. The van der Waals surface area contributed by atoms with Gasteiger partial charge >= 0.3 is 0 Å². The van der Waals surface area contributed by atoms with Crippen LogP contribution in [0, 0.1) is 5.41 Å². The minimum atomic E-state index is -1.76. The topological polar surface area (TPSA) is 33.1 Å². The van der Waals surface area contributed by atoms with Crippen molar-refractivity contribution in [1.29, 1.82) is 5.41 Å². The number of halogens is 3. The van der Waals surface area contributed by atoms with Gasteiger partial charge < -0.3 is 4.74 Å². The van der Waals surface area contributed by atoms with Crippen molar-refractivity contribution >= 4 is 40.7 Å². The summed E-state index contributed by atoms with van der Waals surface area (Å²) in [6.07, 6.45) is 0.746. The molecule has 72 valence electrons. The molecule has 0 spiro atoms. The Morgan fingerprint density at radius 2 is 1.75 bits per heavy atom. The molecule has 1 N–H and O–H groups in total. The Bertz CT molecular complexity index is 174. The van der Waals surface area contributed by atoms with Gasteiger partial charge in [0.1, 0.15) is 5.60 Å². The lowest BCUT2D eigenvalue weighted by Gasteiger charge is -2.27. The molecule has 2 nitrogen and oxygen atoms in total. The van der Waals surface area contributed by atoms with E-state index in [2.05, 4.69) is 0 Å². The van der Waals surface area contributed by atoms with Gasteiger partial charge in [-0.2, -0.15) is 0 Å². The molecule has 0 fully saturated rings. The van der Waals surface area contributed by atoms with Gasteiger partial charge in [0.05, 0.1) is 0 Å². The summed E-state index contributed by atoms with van der Waals surface area (Å²) in [7, 11) is 0. The Morgan fingerprint density at radius 1 is 1.33 bits per heavy atom. The van der Waals surface area contributed by atoms with Crippen LogP contribution in [0.15, 0.2) is 0 Å². The monoisotopic (exact) mass is 231 g/mol. The van der Waals surface area contributed by atoms with Gasteiger partial charge in [-0.1, -0.05) is 41.7 Å². The second-order valence-corrected chi connectivity index (χ2v) is 5.32. The number of hydrogen-bond donors (Lipinski definition) is 1. The number of hydrogen-bond acceptors (Lipinski definition) is 2. The maximum absolute atomic E-state index is 7.28. The standard InChI is InChI=1S/C7H12Cl3NO/c1-4-6(2,3)12-5(11)7(8,9)10/h11H,4H2,1-3H3. The minimum absolute atomic E-state index is 0.334. The van der Waals surface area contributed by atoms with Gasteiger partial charge in [0.15, 0.2) is 0 Å². The number of nitrogens with one attached hydrogen (secondary N) is 1. The summed E-state index contributed by atoms with van der Waals surface area (Å²) in [6.45, 7) is 5.60. The third-order valence-electron chi connectivity index (χ3n) is 1.49. The van der Waals surface area contributed by atoms with Gasteiger partial charge in [-0.05, 0) is 20.3 Å². The Labute approximate surface area is 87.6 Å². The third-order valence-corrected chi connectivity index (χ3v) is 2.00. The van der Waals surface area contributed by atoms with Crippen LogP contribution in [0.4, 0.5) is 0 Å². The lowest BCUT2D eigenvalue weighted by atomic mass is 10.1. The van der Waals surface area contributed by atoms with E-state index >= 15 is 0 Å². The largest absolute Gasteiger partial charge is 0.472 e. The molecule has 0 aliphatic carbocycles. The molecule has 0 aliphatic rings. The van der Waals surface area contributed by atoms with E-state index in [9.17, 15) is 0 Å². The van der Waals surface area contributed by atoms with Crippen LogP contribution >= 0.6 is 34.8 Å². The molecule has 0 aromatic heterocycles. The van der Waals surface area contributed by atoms with Crippen molar-refractivity contribution in [2.45, 2.75) is 36.6 Å². The van der Waals surface area contributed by atoms with Gasteiger partial charge in [0.2, 0.25) is 5.90 Å². The zero-order valence-electron chi connectivity index (χ0n) is 7.25. The van der Waals surface area contributed by atoms with Crippen LogP contribution < -0.4 is 0 Å². The predicted octanol–water partition coefficient (Wildman–Crippen LogP) is 3.54. The molecule has 0 bridgehead atoms. The van der Waals surface area contributed by atoms with Gasteiger partial charge in [-0.15, -0.1) is 0 Å². The van der Waals surface area contributed by atoms with E-state index in [0.717, 1.165) is 6.42 Å². The molecule has 0 atom stereocenters. The van der Waals surface area contributed by atoms with Gasteiger partial charge in [0, 0.05) is 0 Å². The second-order valence-electron chi connectivity index (χ2n) is 3.04. The fourth-order valence-corrected chi connectivity index (χ4v) is 0.522. The summed E-state index contributed by atoms with van der Waals surface area (Å²) < 4.78 is 3.38. The first-order chi connectivity index (χ1) is 5.19. The van der Waals surface area contributed by atoms with E-state index in [1.165, 1.54) is 0 Å². The van der Waals surface area contributed by atoms with Gasteiger partial charge in [0.25, 0.3) is 3.79 Å². The number of alkyl halides is 3. The molecule has 0 rings (SSSR count). The van der Waals surface area contributed by atoms with Crippen molar-refractivity contribution in [1.82, 2.24) is 0 Å². The molecule has 0 unspecified atom stereocenters. The summed E-state index contributed by atoms with van der Waals surface area (Å²) in [4.78, 5) is 0. The van der Waals surface area contributed by atoms with Crippen molar-refractivity contribution in [2.24, 2.45) is 0 Å². The smallest absolute Gasteiger partial charge is 0.265 e. The van der Waals surface area contributed by atoms with E-state index in [1.54, 1.807) is 0 Å². The van der Waals surface area contributed by atoms with Crippen molar-refractivity contribution in [3.8, 4) is 0 Å². The molecular weight excluding hydrogens is 220 g/mol. The van der Waals surface area contributed by atoms with Crippen LogP contribution in [0.25, 0.3) is 0 Å². The lowest BCUT2D eigenvalue weighted by Crippen LogP contribution is -2.33. The second kappa shape index (κ2) is 4.03. The summed E-state index contributed by atoms with van der Waals surface area (Å²) in [6, 6.07) is 0. The molecule has 12 heavy (non-hydrogen) atoms. The normalized spacial score (nSPS) is 12.8. The quantitative estimate of drug-likeness (QED) is 0.441. The van der Waals surface area contributed by atoms with Crippen molar-refractivity contribution in [3.63, 3.8) is 0 Å². The fraction of sp³-hybridized carbons (Fsp3) is 0.857. The molecule has 0 aromatic carbocycles. The molecule has 0 aromatic rings. The Hall–Kier alpha value is 0.340. The highest BCUT2D eigenvalue weighted by molar-refractivity contribution is 6.76. The molecule has 0 heterocycles. The highest BCUT2D eigenvalue weighted by atomic mass is 35.6. The Kier molecular flexibility index (Phi) is 4.15. The average molecular weight is 233 g/mol. The fourth-order valence-electron chi connectivity index (χ4n) is 0.406. The molecule has 5 heteroatoms. The number of rotatable bonds is 2. The van der Waals surface area contributed by atoms with Crippen molar-refractivity contribution in [2.75, 3.05) is 0 Å². The summed E-state index contributed by atoms with van der Waals surface area (Å²) in [5.41, 5.74) is -0.457. The average Bonchev–Trinajstić information content (AvgIpc) is 1.85. The first-order valence-corrected chi connectivity index (χ1v) is 4.67. The van der Waals surface area contributed by atoms with E-state index in [1.807, 2.05) is 20.8 Å². The molecule has 0 radical (unpaired) electrons. The van der Waals surface area contributed by atoms with Crippen molar-refractivity contribution in [3.05, 3.63) is 0 Å². The highest BCUT2D eigenvalue weighted by Crippen LogP contribution is 2.30. The third kappa shape index (κ3) is 4.39. The highest BCUT2D eigenvalue weighted by Gasteiger charge is 2.32. The minimum Gasteiger partial charge on any atom is -0.472 e. The summed E-state index contributed by atoms with van der Waals surface area (Å²) in [5.74, 6) is -0.334. The van der Waals surface area contributed by atoms with E-state index in [4.69, 9.17) is 44.9 Å². The van der Waals surface area contributed by atoms with Crippen LogP contribution in [-0.2, 0) is 4.74 Å². The Balaban J connectivity index is 4.20. The summed E-state index contributed by atoms with van der Waals surface area (Å²) in [5, 5.41) is 7.28. The van der Waals surface area contributed by atoms with Crippen LogP contribution in [-0.4, -0.2) is 15.3 Å². The predicted molar refractivity (Wildman–Crippen MR) is 53.5 cm³/mol. The zero-order chi connectivity index (χ0) is 9.99. The van der Waals surface area contributed by atoms with Crippen LogP contribution in [0.1, 0.15) is 27.2 Å². The van der Waals surface area contributed by atoms with E-state index < -0.39 is 9.39 Å². The summed E-state index contributed by atoms with van der Waals surface area (Å²) >= 11 is 16.3.